The van der Waals surface area contributed by atoms with Crippen LogP contribution in [0.15, 0.2) is 46.8 Å². The van der Waals surface area contributed by atoms with Gasteiger partial charge in [-0.2, -0.15) is 8.78 Å². The van der Waals surface area contributed by atoms with Crippen LogP contribution in [0.1, 0.15) is 0 Å². The van der Waals surface area contributed by atoms with Crippen LogP contribution in [0.2, 0.25) is 0 Å². The van der Waals surface area contributed by atoms with E-state index in [0.717, 1.165) is 4.88 Å². The number of nitrogens with one attached hydrogen (secondary N) is 2. The molecule has 0 bridgehead atoms. The number of benzene rings is 1. The van der Waals surface area contributed by atoms with Gasteiger partial charge in [0.15, 0.2) is 17.4 Å². The third-order valence-electron chi connectivity index (χ3n) is 3.24. The molecular weight excluding hydrogens is 396 g/mol. The van der Waals surface area contributed by atoms with Crippen molar-refractivity contribution in [3.63, 3.8) is 0 Å². The van der Waals surface area contributed by atoms with Crippen molar-refractivity contribution in [1.82, 2.24) is 4.98 Å². The number of aromatic amines is 1. The first-order chi connectivity index (χ1) is 12.3. The zero-order valence-corrected chi connectivity index (χ0v) is 14.3. The lowest BCUT2D eigenvalue weighted by Crippen LogP contribution is -2.14. The standard InChI is InChI=1S/C15H10F4N2O3S2/c16-9-6-13(24-15(18)19)10(17)5-11(9)21-26(22,23)8-4-12(20-7-8)14-2-1-3-25-14/h1-7,15,20-21H. The summed E-state index contributed by atoms with van der Waals surface area (Å²) in [6.45, 7) is -3.35. The molecule has 0 aliphatic carbocycles. The van der Waals surface area contributed by atoms with Crippen molar-refractivity contribution in [2.75, 3.05) is 4.72 Å². The fourth-order valence-electron chi connectivity index (χ4n) is 2.10. The average Bonchev–Trinajstić information content (AvgIpc) is 3.22. The van der Waals surface area contributed by atoms with Gasteiger partial charge in [0.1, 0.15) is 4.90 Å². The Kier molecular flexibility index (Phi) is 4.92. The van der Waals surface area contributed by atoms with Gasteiger partial charge in [-0.15, -0.1) is 11.3 Å². The molecule has 2 heterocycles. The predicted molar refractivity (Wildman–Crippen MR) is 87.9 cm³/mol. The molecule has 0 unspecified atom stereocenters. The van der Waals surface area contributed by atoms with Gasteiger partial charge in [0.2, 0.25) is 0 Å². The van der Waals surface area contributed by atoms with E-state index in [1.54, 1.807) is 12.1 Å². The highest BCUT2D eigenvalue weighted by Crippen LogP contribution is 2.29. The molecule has 0 radical (unpaired) electrons. The zero-order chi connectivity index (χ0) is 18.9. The number of aromatic nitrogens is 1. The smallest absolute Gasteiger partial charge is 0.387 e. The van der Waals surface area contributed by atoms with Crippen LogP contribution < -0.4 is 9.46 Å². The molecule has 1 aromatic carbocycles. The van der Waals surface area contributed by atoms with E-state index >= 15 is 0 Å². The summed E-state index contributed by atoms with van der Waals surface area (Å²) in [4.78, 5) is 3.37. The highest BCUT2D eigenvalue weighted by atomic mass is 32.2. The Balaban J connectivity index is 1.87. The van der Waals surface area contributed by atoms with Crippen LogP contribution in [0.4, 0.5) is 23.2 Å². The second-order valence-corrected chi connectivity index (χ2v) is 7.60. The number of ether oxygens (including phenoxy) is 1. The fraction of sp³-hybridized carbons (Fsp3) is 0.0667. The van der Waals surface area contributed by atoms with Gasteiger partial charge in [-0.05, 0) is 17.5 Å². The molecule has 3 aromatic rings. The predicted octanol–water partition coefficient (Wildman–Crippen LogP) is 4.42. The summed E-state index contributed by atoms with van der Waals surface area (Å²) < 4.78 is 82.2. The molecule has 5 nitrogen and oxygen atoms in total. The van der Waals surface area contributed by atoms with Crippen LogP contribution in [0.25, 0.3) is 10.6 Å². The molecular formula is C15H10F4N2O3S2. The Morgan fingerprint density at radius 1 is 1.15 bits per heavy atom. The first kappa shape index (κ1) is 18.3. The van der Waals surface area contributed by atoms with E-state index in [1.165, 1.54) is 23.6 Å². The summed E-state index contributed by atoms with van der Waals surface area (Å²) >= 11 is 1.38. The lowest BCUT2D eigenvalue weighted by molar-refractivity contribution is -0.0523. The third kappa shape index (κ3) is 3.83. The van der Waals surface area contributed by atoms with Gasteiger partial charge in [0, 0.05) is 18.3 Å². The normalized spacial score (nSPS) is 11.7. The van der Waals surface area contributed by atoms with Crippen molar-refractivity contribution >= 4 is 27.0 Å². The highest BCUT2D eigenvalue weighted by Gasteiger charge is 2.21. The van der Waals surface area contributed by atoms with Crippen LogP contribution in [-0.4, -0.2) is 20.0 Å². The van der Waals surface area contributed by atoms with Crippen molar-refractivity contribution in [3.8, 4) is 16.3 Å². The molecule has 0 fully saturated rings. The summed E-state index contributed by atoms with van der Waals surface area (Å²) in [5, 5.41) is 1.81. The van der Waals surface area contributed by atoms with E-state index in [0.29, 0.717) is 17.8 Å². The minimum atomic E-state index is -4.23. The first-order valence-corrected chi connectivity index (χ1v) is 9.31. The molecule has 138 valence electrons. The summed E-state index contributed by atoms with van der Waals surface area (Å²) in [6, 6.07) is 5.66. The van der Waals surface area contributed by atoms with Crippen molar-refractivity contribution < 1.29 is 30.7 Å². The zero-order valence-electron chi connectivity index (χ0n) is 12.7. The van der Waals surface area contributed by atoms with Gasteiger partial charge in [-0.3, -0.25) is 4.72 Å². The lowest BCUT2D eigenvalue weighted by atomic mass is 10.3. The summed E-state index contributed by atoms with van der Waals surface area (Å²) in [5.41, 5.74) is -0.198. The van der Waals surface area contributed by atoms with Crippen LogP contribution in [-0.2, 0) is 10.0 Å². The largest absolute Gasteiger partial charge is 0.432 e. The van der Waals surface area contributed by atoms with Gasteiger partial charge >= 0.3 is 6.61 Å². The Morgan fingerprint density at radius 2 is 1.92 bits per heavy atom. The molecule has 0 aliphatic heterocycles. The Bertz CT molecular complexity index is 1020. The molecule has 0 saturated carbocycles. The van der Waals surface area contributed by atoms with Gasteiger partial charge < -0.3 is 9.72 Å². The van der Waals surface area contributed by atoms with Crippen LogP contribution in [0.3, 0.4) is 0 Å². The summed E-state index contributed by atoms with van der Waals surface area (Å²) in [6.07, 6.45) is 1.19. The van der Waals surface area contributed by atoms with Crippen LogP contribution in [0.5, 0.6) is 5.75 Å². The van der Waals surface area contributed by atoms with E-state index in [4.69, 9.17) is 0 Å². The number of H-pyrrole nitrogens is 1. The van der Waals surface area contributed by atoms with E-state index in [2.05, 4.69) is 9.72 Å². The number of thiophene rings is 1. The monoisotopic (exact) mass is 406 g/mol. The number of anilines is 1. The molecule has 3 rings (SSSR count). The molecule has 0 atom stereocenters. The van der Waals surface area contributed by atoms with E-state index in [9.17, 15) is 26.0 Å². The Labute approximate surface area is 149 Å². The van der Waals surface area contributed by atoms with Crippen molar-refractivity contribution in [2.24, 2.45) is 0 Å². The second-order valence-electron chi connectivity index (χ2n) is 4.97. The van der Waals surface area contributed by atoms with Crippen molar-refractivity contribution in [1.29, 1.82) is 0 Å². The molecule has 0 spiro atoms. The number of hydrogen-bond donors (Lipinski definition) is 2. The molecule has 0 saturated heterocycles. The number of rotatable bonds is 6. The minimum Gasteiger partial charge on any atom is -0.432 e. The van der Waals surface area contributed by atoms with Gasteiger partial charge in [0.05, 0.1) is 16.3 Å². The molecule has 26 heavy (non-hydrogen) atoms. The first-order valence-electron chi connectivity index (χ1n) is 6.95. The Hall–Kier alpha value is -2.53. The van der Waals surface area contributed by atoms with E-state index in [-0.39, 0.29) is 4.90 Å². The molecule has 11 heteroatoms. The average molecular weight is 406 g/mol. The maximum atomic E-state index is 13.9. The van der Waals surface area contributed by atoms with E-state index < -0.39 is 39.7 Å². The van der Waals surface area contributed by atoms with E-state index in [1.807, 2.05) is 10.1 Å². The molecule has 2 N–H and O–H groups in total. The minimum absolute atomic E-state index is 0.200. The number of sulfonamides is 1. The van der Waals surface area contributed by atoms with Gasteiger partial charge in [-0.1, -0.05) is 6.07 Å². The van der Waals surface area contributed by atoms with Crippen LogP contribution in [0, 0.1) is 11.6 Å². The molecule has 2 aromatic heterocycles. The van der Waals surface area contributed by atoms with Crippen molar-refractivity contribution in [3.05, 3.63) is 53.5 Å². The molecule has 0 amide bonds. The van der Waals surface area contributed by atoms with Crippen molar-refractivity contribution in [2.45, 2.75) is 11.5 Å². The number of hydrogen-bond acceptors (Lipinski definition) is 4. The quantitative estimate of drug-likeness (QED) is 0.595. The lowest BCUT2D eigenvalue weighted by Gasteiger charge is -2.11. The summed E-state index contributed by atoms with van der Waals surface area (Å²) in [7, 11) is -4.23. The fourth-order valence-corrected chi connectivity index (χ4v) is 3.86. The second kappa shape index (κ2) is 7.00. The van der Waals surface area contributed by atoms with Gasteiger partial charge in [0.25, 0.3) is 10.0 Å². The Morgan fingerprint density at radius 3 is 2.58 bits per heavy atom. The third-order valence-corrected chi connectivity index (χ3v) is 5.48. The summed E-state index contributed by atoms with van der Waals surface area (Å²) in [5.74, 6) is -3.63. The number of alkyl halides is 2. The maximum absolute atomic E-state index is 13.9. The molecule has 0 aliphatic rings. The van der Waals surface area contributed by atoms with Gasteiger partial charge in [-0.25, -0.2) is 17.2 Å². The van der Waals surface area contributed by atoms with Crippen LogP contribution >= 0.6 is 11.3 Å². The topological polar surface area (TPSA) is 71.2 Å². The number of halogens is 4. The SMILES string of the molecule is O=S(=O)(Nc1cc(F)c(OC(F)F)cc1F)c1c[nH]c(-c2cccs2)c1. The maximum Gasteiger partial charge on any atom is 0.387 e. The highest BCUT2D eigenvalue weighted by molar-refractivity contribution is 7.92.